The fourth-order valence-corrected chi connectivity index (χ4v) is 5.12. The molecule has 3 aromatic rings. The first-order chi connectivity index (χ1) is 14.7. The molecule has 1 amide bonds. The van der Waals surface area contributed by atoms with Crippen LogP contribution in [0.1, 0.15) is 29.5 Å². The zero-order chi connectivity index (χ0) is 22.2. The number of benzene rings is 2. The molecular weight excluding hydrogens is 486 g/mol. The molecule has 2 heterocycles. The second kappa shape index (κ2) is 8.67. The van der Waals surface area contributed by atoms with Gasteiger partial charge in [0, 0.05) is 0 Å². The van der Waals surface area contributed by atoms with Crippen LogP contribution in [0.2, 0.25) is 4.71 Å². The fourth-order valence-electron chi connectivity index (χ4n) is 3.48. The van der Waals surface area contributed by atoms with Gasteiger partial charge in [-0.05, 0) is 0 Å². The Bertz CT molecular complexity index is 1100. The van der Waals surface area contributed by atoms with Crippen molar-refractivity contribution < 1.29 is 18.0 Å². The first-order valence-corrected chi connectivity index (χ1v) is 12.0. The van der Waals surface area contributed by atoms with Gasteiger partial charge in [-0.25, -0.2) is 0 Å². The minimum atomic E-state index is -4.30. The van der Waals surface area contributed by atoms with Gasteiger partial charge in [0.15, 0.2) is 0 Å². The third kappa shape index (κ3) is 4.96. The van der Waals surface area contributed by atoms with Crippen molar-refractivity contribution in [1.82, 2.24) is 4.98 Å². The van der Waals surface area contributed by atoms with Gasteiger partial charge in [0.1, 0.15) is 0 Å². The molecule has 1 aliphatic heterocycles. The summed E-state index contributed by atoms with van der Waals surface area (Å²) in [5.74, 6) is -0.142. The van der Waals surface area contributed by atoms with E-state index in [-0.39, 0.29) is 16.5 Å². The van der Waals surface area contributed by atoms with Gasteiger partial charge in [-0.1, -0.05) is 0 Å². The third-order valence-electron chi connectivity index (χ3n) is 5.25. The van der Waals surface area contributed by atoms with Gasteiger partial charge < -0.3 is 0 Å². The van der Waals surface area contributed by atoms with E-state index in [4.69, 9.17) is 0 Å². The zero-order valence-corrected chi connectivity index (χ0v) is 19.9. The predicted octanol–water partition coefficient (Wildman–Crippen LogP) is 4.96. The van der Waals surface area contributed by atoms with Gasteiger partial charge in [-0.2, -0.15) is 0 Å². The van der Waals surface area contributed by atoms with Crippen LogP contribution in [0.3, 0.4) is 0 Å². The van der Waals surface area contributed by atoms with Gasteiger partial charge in [0.2, 0.25) is 0 Å². The molecule has 162 valence electrons. The first-order valence-electron chi connectivity index (χ1n) is 9.77. The summed E-state index contributed by atoms with van der Waals surface area (Å²) in [5, 5.41) is 7.01. The average Bonchev–Trinajstić information content (AvgIpc) is 3.31. The summed E-state index contributed by atoms with van der Waals surface area (Å²) in [7, 11) is 0. The maximum atomic E-state index is 12.7. The summed E-state index contributed by atoms with van der Waals surface area (Å²) in [4.78, 5) is 17.3. The van der Waals surface area contributed by atoms with Crippen LogP contribution in [-0.2, 0) is 17.4 Å². The zero-order valence-electron chi connectivity index (χ0n) is 16.7. The number of fused-ring (bicyclic) bond motifs is 1. The number of anilines is 2. The second-order valence-electron chi connectivity index (χ2n) is 7.58. The molecule has 0 aliphatic carbocycles. The Hall–Kier alpha value is -2.31. The number of nitrogens with one attached hydrogen (secondary N) is 2. The molecule has 4 rings (SSSR count). The molecule has 1 aromatic heterocycles. The van der Waals surface area contributed by atoms with Gasteiger partial charge in [0.25, 0.3) is 0 Å². The Morgan fingerprint density at radius 1 is 1.23 bits per heavy atom. The van der Waals surface area contributed by atoms with Crippen molar-refractivity contribution in [2.24, 2.45) is 0 Å². The minimum absolute atomic E-state index is 0.0164. The quantitative estimate of drug-likeness (QED) is 0.464. The standard InChI is InChI=1S/C22H21AsF3N3OS/c1-12-17-9-14(4-7-18(17)29-20(12)30)19-11-28-21(31-19)27-10-16(23)8-13-2-5-15(6-3-13)22(24,25)26/h2-7,9,11-12,16H,8,10,23H2,1H3,(H,27,28)(H,29,30)/t12?,16-/m1/s1. The molecule has 1 aliphatic rings. The summed E-state index contributed by atoms with van der Waals surface area (Å²) < 4.78 is 38.3. The van der Waals surface area contributed by atoms with Gasteiger partial charge in [0.05, 0.1) is 0 Å². The van der Waals surface area contributed by atoms with E-state index < -0.39 is 11.7 Å². The number of hydrogen-bond acceptors (Lipinski definition) is 4. The Morgan fingerprint density at radius 2 is 1.97 bits per heavy atom. The number of nitrogens with zero attached hydrogens (tertiary/aromatic N) is 1. The van der Waals surface area contributed by atoms with Gasteiger partial charge >= 0.3 is 191 Å². The van der Waals surface area contributed by atoms with Crippen LogP contribution in [0, 0.1) is 0 Å². The SMILES string of the molecule is CC1C(=O)Nc2ccc(-c3cnc(NC[C@H]([AsH2])Cc4ccc(C(F)(F)F)cc4)s3)cc21. The van der Waals surface area contributed by atoms with Crippen LogP contribution in [0.25, 0.3) is 10.4 Å². The summed E-state index contributed by atoms with van der Waals surface area (Å²) in [6, 6.07) is 11.3. The second-order valence-corrected chi connectivity index (χ2v) is 10.6. The Kier molecular flexibility index (Phi) is 6.13. The first kappa shape index (κ1) is 21.9. The van der Waals surface area contributed by atoms with E-state index in [1.807, 2.05) is 31.3 Å². The predicted molar refractivity (Wildman–Crippen MR) is 121 cm³/mol. The number of thiazole rings is 1. The van der Waals surface area contributed by atoms with E-state index in [0.29, 0.717) is 13.0 Å². The van der Waals surface area contributed by atoms with Crippen molar-refractivity contribution >= 4 is 44.9 Å². The molecule has 2 aromatic carbocycles. The van der Waals surface area contributed by atoms with E-state index >= 15 is 0 Å². The maximum absolute atomic E-state index is 12.7. The van der Waals surface area contributed by atoms with Crippen LogP contribution in [0.4, 0.5) is 24.0 Å². The molecule has 31 heavy (non-hydrogen) atoms. The van der Waals surface area contributed by atoms with Gasteiger partial charge in [-0.15, -0.1) is 0 Å². The van der Waals surface area contributed by atoms with Crippen molar-refractivity contribution in [3.05, 3.63) is 65.4 Å². The van der Waals surface area contributed by atoms with Gasteiger partial charge in [-0.3, -0.25) is 0 Å². The number of rotatable bonds is 6. The fraction of sp³-hybridized carbons (Fsp3) is 0.273. The number of carbonyl (C=O) groups is 1. The summed E-state index contributed by atoms with van der Waals surface area (Å²) >= 11 is 3.08. The molecule has 0 spiro atoms. The van der Waals surface area contributed by atoms with E-state index in [9.17, 15) is 18.0 Å². The monoisotopic (exact) mass is 507 g/mol. The van der Waals surface area contributed by atoms with E-state index in [1.165, 1.54) is 16.9 Å². The number of carbonyl (C=O) groups excluding carboxylic acids is 1. The van der Waals surface area contributed by atoms with E-state index in [0.717, 1.165) is 44.5 Å². The summed E-state index contributed by atoms with van der Waals surface area (Å²) in [6.45, 7) is 2.58. The van der Waals surface area contributed by atoms with Crippen molar-refractivity contribution in [2.45, 2.75) is 30.1 Å². The molecule has 0 bridgehead atoms. The van der Waals surface area contributed by atoms with Crippen molar-refractivity contribution in [2.75, 3.05) is 17.2 Å². The topological polar surface area (TPSA) is 54.0 Å². The number of aromatic nitrogens is 1. The number of amides is 1. The molecule has 0 radical (unpaired) electrons. The van der Waals surface area contributed by atoms with Crippen LogP contribution < -0.4 is 10.6 Å². The summed E-state index contributed by atoms with van der Waals surface area (Å²) in [5.41, 5.74) is 3.15. The Morgan fingerprint density at radius 3 is 2.68 bits per heavy atom. The van der Waals surface area contributed by atoms with E-state index in [1.54, 1.807) is 23.5 Å². The van der Waals surface area contributed by atoms with Crippen molar-refractivity contribution in [3.63, 3.8) is 0 Å². The molecule has 2 N–H and O–H groups in total. The molecule has 2 unspecified atom stereocenters. The van der Waals surface area contributed by atoms with Crippen LogP contribution in [0.15, 0.2) is 48.7 Å². The Labute approximate surface area is 190 Å². The summed E-state index contributed by atoms with van der Waals surface area (Å²) in [6.07, 6.45) is -1.79. The normalized spacial score (nSPS) is 16.7. The van der Waals surface area contributed by atoms with Crippen LogP contribution in [-0.4, -0.2) is 34.3 Å². The average molecular weight is 507 g/mol. The molecule has 9 heteroatoms. The third-order valence-corrected chi connectivity index (χ3v) is 7.25. The van der Waals surface area contributed by atoms with Crippen LogP contribution in [0.5, 0.6) is 0 Å². The van der Waals surface area contributed by atoms with Crippen LogP contribution >= 0.6 is 11.3 Å². The van der Waals surface area contributed by atoms with Crippen molar-refractivity contribution in [1.29, 1.82) is 0 Å². The Balaban J connectivity index is 1.35. The number of halogens is 3. The molecular formula is C22H21AsF3N3OS. The molecule has 0 saturated carbocycles. The number of alkyl halides is 3. The molecule has 4 nitrogen and oxygen atoms in total. The van der Waals surface area contributed by atoms with Crippen molar-refractivity contribution in [3.8, 4) is 10.4 Å². The molecule has 0 fully saturated rings. The molecule has 3 atom stereocenters. The van der Waals surface area contributed by atoms with E-state index in [2.05, 4.69) is 15.6 Å². The molecule has 0 saturated heterocycles. The number of hydrogen-bond donors (Lipinski definition) is 2.